The molecule has 3 rings (SSSR count). The molecule has 6 heteroatoms. The Hall–Kier alpha value is -2.36. The minimum absolute atomic E-state index is 0.303. The van der Waals surface area contributed by atoms with Crippen LogP contribution in [0.25, 0.3) is 0 Å². The number of hydrogen-bond acceptors (Lipinski definition) is 4. The van der Waals surface area contributed by atoms with E-state index in [4.69, 9.17) is 12.2 Å². The molecule has 2 N–H and O–H groups in total. The molecule has 0 aromatic heterocycles. The van der Waals surface area contributed by atoms with Crippen molar-refractivity contribution in [3.63, 3.8) is 0 Å². The number of nitriles is 1. The lowest BCUT2D eigenvalue weighted by Gasteiger charge is -2.09. The molecule has 0 bridgehead atoms. The second-order valence-corrected chi connectivity index (χ2v) is 5.96. The highest BCUT2D eigenvalue weighted by atomic mass is 32.2. The van der Waals surface area contributed by atoms with Crippen molar-refractivity contribution in [2.45, 2.75) is 4.90 Å². The van der Waals surface area contributed by atoms with Gasteiger partial charge in [-0.1, -0.05) is 36.1 Å². The number of rotatable bonds is 2. The first-order valence-corrected chi connectivity index (χ1v) is 7.65. The molecule has 0 spiro atoms. The predicted octanol–water partition coefficient (Wildman–Crippen LogP) is 4.52. The molecule has 0 saturated heterocycles. The third kappa shape index (κ3) is 2.96. The van der Waals surface area contributed by atoms with E-state index in [-0.39, 0.29) is 5.82 Å². The summed E-state index contributed by atoms with van der Waals surface area (Å²) in [4.78, 5) is 1.35. The van der Waals surface area contributed by atoms with E-state index >= 15 is 0 Å². The maximum Gasteiger partial charge on any atom is 0.124 e. The van der Waals surface area contributed by atoms with Gasteiger partial charge in [0.1, 0.15) is 22.4 Å². The van der Waals surface area contributed by atoms with E-state index < -0.39 is 0 Å². The molecule has 0 saturated carbocycles. The van der Waals surface area contributed by atoms with Crippen molar-refractivity contribution in [2.75, 3.05) is 10.6 Å². The van der Waals surface area contributed by atoms with Gasteiger partial charge in [-0.15, -0.1) is 0 Å². The summed E-state index contributed by atoms with van der Waals surface area (Å²) in [7, 11) is 0. The molecule has 0 atom stereocenters. The predicted molar refractivity (Wildman–Crippen MR) is 91.2 cm³/mol. The van der Waals surface area contributed by atoms with Crippen molar-refractivity contribution >= 4 is 40.3 Å². The van der Waals surface area contributed by atoms with Crippen molar-refractivity contribution in [3.8, 4) is 6.07 Å². The Kier molecular flexibility index (Phi) is 4.09. The monoisotopic (exact) mass is 327 g/mol. The summed E-state index contributed by atoms with van der Waals surface area (Å²) in [5, 5.41) is 16.3. The van der Waals surface area contributed by atoms with Crippen LogP contribution >= 0.6 is 24.0 Å². The number of hydrogen-bond donors (Lipinski definition) is 2. The second kappa shape index (κ2) is 6.18. The molecule has 22 heavy (non-hydrogen) atoms. The lowest BCUT2D eigenvalue weighted by molar-refractivity contribution is 0.628. The summed E-state index contributed by atoms with van der Waals surface area (Å²) >= 11 is 6.77. The number of anilines is 2. The number of thioether (sulfide) groups is 1. The molecule has 0 radical (unpaired) electrons. The van der Waals surface area contributed by atoms with Gasteiger partial charge in [-0.25, -0.2) is 4.39 Å². The summed E-state index contributed by atoms with van der Waals surface area (Å²) in [6, 6.07) is 15.7. The van der Waals surface area contributed by atoms with Crippen LogP contribution in [0.15, 0.2) is 64.0 Å². The molecule has 108 valence electrons. The molecule has 0 aliphatic carbocycles. The van der Waals surface area contributed by atoms with Gasteiger partial charge < -0.3 is 10.6 Å². The van der Waals surface area contributed by atoms with E-state index in [0.29, 0.717) is 21.3 Å². The van der Waals surface area contributed by atoms with Crippen molar-refractivity contribution in [3.05, 3.63) is 65.0 Å². The number of nitrogens with one attached hydrogen (secondary N) is 2. The first kappa shape index (κ1) is 14.6. The lowest BCUT2D eigenvalue weighted by atomic mass is 10.2. The Morgan fingerprint density at radius 3 is 2.59 bits per heavy atom. The van der Waals surface area contributed by atoms with Crippen LogP contribution in [0.5, 0.6) is 0 Å². The maximum absolute atomic E-state index is 12.9. The Morgan fingerprint density at radius 2 is 1.91 bits per heavy atom. The average molecular weight is 327 g/mol. The molecule has 1 heterocycles. The zero-order valence-corrected chi connectivity index (χ0v) is 12.9. The summed E-state index contributed by atoms with van der Waals surface area (Å²) in [5.41, 5.74) is 1.96. The van der Waals surface area contributed by atoms with Crippen LogP contribution in [0.4, 0.5) is 15.8 Å². The van der Waals surface area contributed by atoms with Crippen LogP contribution < -0.4 is 10.6 Å². The van der Waals surface area contributed by atoms with E-state index in [1.807, 2.05) is 24.3 Å². The van der Waals surface area contributed by atoms with Crippen molar-refractivity contribution < 1.29 is 4.39 Å². The number of halogens is 1. The molecule has 2 aromatic carbocycles. The fourth-order valence-corrected chi connectivity index (χ4v) is 3.30. The quantitative estimate of drug-likeness (QED) is 0.482. The summed E-state index contributed by atoms with van der Waals surface area (Å²) < 4.78 is 12.9. The first-order chi connectivity index (χ1) is 10.7. The van der Waals surface area contributed by atoms with Crippen molar-refractivity contribution in [2.24, 2.45) is 0 Å². The smallest absolute Gasteiger partial charge is 0.124 e. The van der Waals surface area contributed by atoms with Crippen LogP contribution in [0.1, 0.15) is 0 Å². The third-order valence-electron chi connectivity index (χ3n) is 3.02. The van der Waals surface area contributed by atoms with E-state index in [0.717, 1.165) is 10.6 Å². The van der Waals surface area contributed by atoms with Gasteiger partial charge in [0.05, 0.1) is 10.7 Å². The van der Waals surface area contributed by atoms with Gasteiger partial charge in [0.15, 0.2) is 0 Å². The van der Waals surface area contributed by atoms with Gasteiger partial charge in [-0.3, -0.25) is 0 Å². The highest BCUT2D eigenvalue weighted by Crippen LogP contribution is 2.42. The Morgan fingerprint density at radius 1 is 1.18 bits per heavy atom. The van der Waals surface area contributed by atoms with Gasteiger partial charge in [0.25, 0.3) is 0 Å². The maximum atomic E-state index is 12.9. The standard InChI is InChI=1S/C16H10FN3S2/c17-10-5-7-11(8-6-10)19-15(21)12(9-18)16-20-13-3-1-2-4-14(13)22-16/h1-8,20H,(H,19,21)/b16-12-. The molecule has 2 aromatic rings. The van der Waals surface area contributed by atoms with Crippen LogP contribution in [0.3, 0.4) is 0 Å². The Balaban J connectivity index is 1.83. The highest BCUT2D eigenvalue weighted by molar-refractivity contribution is 8.03. The minimum atomic E-state index is -0.321. The van der Waals surface area contributed by atoms with Crippen LogP contribution in [0, 0.1) is 17.1 Å². The number of fused-ring (bicyclic) bond motifs is 1. The average Bonchev–Trinajstić information content (AvgIpc) is 2.94. The molecule has 1 aliphatic rings. The Labute approximate surface area is 136 Å². The zero-order valence-electron chi connectivity index (χ0n) is 11.3. The molecule has 0 amide bonds. The van der Waals surface area contributed by atoms with Gasteiger partial charge in [0, 0.05) is 10.6 Å². The second-order valence-electron chi connectivity index (χ2n) is 4.50. The molecule has 0 unspecified atom stereocenters. The van der Waals surface area contributed by atoms with Crippen molar-refractivity contribution in [1.82, 2.24) is 0 Å². The summed E-state index contributed by atoms with van der Waals surface area (Å²) in [6.07, 6.45) is 0. The molecule has 0 fully saturated rings. The zero-order chi connectivity index (χ0) is 15.5. The third-order valence-corrected chi connectivity index (χ3v) is 4.41. The van der Waals surface area contributed by atoms with E-state index in [9.17, 15) is 9.65 Å². The van der Waals surface area contributed by atoms with Crippen LogP contribution in [-0.4, -0.2) is 4.99 Å². The molecular weight excluding hydrogens is 317 g/mol. The van der Waals surface area contributed by atoms with Crippen LogP contribution in [-0.2, 0) is 0 Å². The number of benzene rings is 2. The van der Waals surface area contributed by atoms with Crippen molar-refractivity contribution in [1.29, 1.82) is 5.26 Å². The fraction of sp³-hybridized carbons (Fsp3) is 0. The van der Waals surface area contributed by atoms with Gasteiger partial charge in [-0.05, 0) is 36.4 Å². The van der Waals surface area contributed by atoms with E-state index in [1.165, 1.54) is 23.9 Å². The van der Waals surface area contributed by atoms with Gasteiger partial charge in [0.2, 0.25) is 0 Å². The Bertz CT molecular complexity index is 780. The molecule has 3 nitrogen and oxygen atoms in total. The van der Waals surface area contributed by atoms with Crippen LogP contribution in [0.2, 0.25) is 0 Å². The first-order valence-electron chi connectivity index (χ1n) is 6.42. The SMILES string of the molecule is N#C/C(C(=S)Nc1ccc(F)cc1)=C1\Nc2ccccc2S1. The minimum Gasteiger partial charge on any atom is -0.348 e. The largest absolute Gasteiger partial charge is 0.348 e. The summed E-state index contributed by atoms with van der Waals surface area (Å²) in [6.45, 7) is 0. The summed E-state index contributed by atoms with van der Waals surface area (Å²) in [5.74, 6) is -0.321. The normalized spacial score (nSPS) is 14.5. The molecular formula is C16H10FN3S2. The fourth-order valence-electron chi connectivity index (χ4n) is 1.96. The van der Waals surface area contributed by atoms with E-state index in [1.54, 1.807) is 12.1 Å². The number of nitrogens with zero attached hydrogens (tertiary/aromatic N) is 1. The number of para-hydroxylation sites is 1. The topological polar surface area (TPSA) is 47.9 Å². The van der Waals surface area contributed by atoms with Gasteiger partial charge >= 0.3 is 0 Å². The molecule has 1 aliphatic heterocycles. The number of thiocarbonyl (C=S) groups is 1. The van der Waals surface area contributed by atoms with E-state index in [2.05, 4.69) is 16.7 Å². The highest BCUT2D eigenvalue weighted by Gasteiger charge is 2.21. The van der Waals surface area contributed by atoms with Gasteiger partial charge in [-0.2, -0.15) is 5.26 Å². The lowest BCUT2D eigenvalue weighted by Crippen LogP contribution is -2.13.